The molecule has 1 saturated heterocycles. The average Bonchev–Trinajstić information content (AvgIpc) is 2.87. The minimum absolute atomic E-state index is 0.113. The van der Waals surface area contributed by atoms with Gasteiger partial charge in [-0.1, -0.05) is 19.4 Å². The smallest absolute Gasteiger partial charge is 0.242 e. The van der Waals surface area contributed by atoms with Crippen LogP contribution in [-0.4, -0.2) is 53.2 Å². The minimum atomic E-state index is -0.572. The number of carbonyl (C=O) groups is 3. The molecule has 154 valence electrons. The maximum Gasteiger partial charge on any atom is 0.242 e. The largest absolute Gasteiger partial charge is 0.375 e. The number of rotatable bonds is 13. The Morgan fingerprint density at radius 3 is 2.52 bits per heavy atom. The van der Waals surface area contributed by atoms with Crippen molar-refractivity contribution < 1.29 is 19.1 Å². The highest BCUT2D eigenvalue weighted by molar-refractivity contribution is 7.81. The third-order valence-corrected chi connectivity index (χ3v) is 5.53. The summed E-state index contributed by atoms with van der Waals surface area (Å²) >= 11 is 4.07. The zero-order chi connectivity index (χ0) is 20.4. The first-order valence-electron chi connectivity index (χ1n) is 9.82. The lowest BCUT2D eigenvalue weighted by Gasteiger charge is -2.32. The molecule has 1 aliphatic heterocycles. The number of nitrogens with zero attached hydrogens (tertiary/aromatic N) is 1. The Bertz CT molecular complexity index is 546. The van der Waals surface area contributed by atoms with Crippen molar-refractivity contribution in [3.63, 3.8) is 0 Å². The molecule has 27 heavy (non-hydrogen) atoms. The van der Waals surface area contributed by atoms with E-state index < -0.39 is 5.25 Å². The van der Waals surface area contributed by atoms with Crippen LogP contribution in [0, 0.1) is 0 Å². The summed E-state index contributed by atoms with van der Waals surface area (Å²) in [6, 6.07) is 0. The van der Waals surface area contributed by atoms with Crippen LogP contribution in [0.3, 0.4) is 0 Å². The average molecular weight is 399 g/mol. The number of ether oxygens (including phenoxy) is 1. The second kappa shape index (κ2) is 11.5. The van der Waals surface area contributed by atoms with Gasteiger partial charge in [0.05, 0.1) is 10.9 Å². The van der Waals surface area contributed by atoms with Gasteiger partial charge in [0.15, 0.2) is 0 Å². The fraction of sp³-hybridized carbons (Fsp3) is 0.750. The van der Waals surface area contributed by atoms with Gasteiger partial charge in [-0.15, -0.1) is 6.58 Å². The molecule has 1 aliphatic rings. The van der Waals surface area contributed by atoms with Crippen molar-refractivity contribution in [1.82, 2.24) is 10.2 Å². The molecule has 6 nitrogen and oxygen atoms in total. The van der Waals surface area contributed by atoms with E-state index in [0.717, 1.165) is 42.6 Å². The van der Waals surface area contributed by atoms with Gasteiger partial charge in [-0.25, -0.2) is 0 Å². The number of hydrogen-bond acceptors (Lipinski definition) is 5. The summed E-state index contributed by atoms with van der Waals surface area (Å²) in [6.07, 6.45) is 4.64. The van der Waals surface area contributed by atoms with Gasteiger partial charge in [-0.3, -0.25) is 19.3 Å². The van der Waals surface area contributed by atoms with Crippen LogP contribution in [0.1, 0.15) is 65.7 Å². The van der Waals surface area contributed by atoms with Crippen LogP contribution in [0.25, 0.3) is 0 Å². The summed E-state index contributed by atoms with van der Waals surface area (Å²) in [6.45, 7) is 11.4. The molecule has 7 heteroatoms. The third-order valence-electron chi connectivity index (χ3n) is 5.13. The highest BCUT2D eigenvalue weighted by Gasteiger charge is 2.36. The Balaban J connectivity index is 2.35. The maximum atomic E-state index is 12.1. The summed E-state index contributed by atoms with van der Waals surface area (Å²) in [7, 11) is 0. The van der Waals surface area contributed by atoms with Crippen molar-refractivity contribution in [2.75, 3.05) is 19.7 Å². The molecule has 1 atom stereocenters. The van der Waals surface area contributed by atoms with E-state index in [-0.39, 0.29) is 42.7 Å². The van der Waals surface area contributed by atoms with Crippen LogP contribution in [0.4, 0.5) is 0 Å². The summed E-state index contributed by atoms with van der Waals surface area (Å²) < 4.78 is 6.14. The van der Waals surface area contributed by atoms with E-state index in [1.807, 2.05) is 6.92 Å². The lowest BCUT2D eigenvalue weighted by Crippen LogP contribution is -2.38. The number of amides is 3. The molecule has 0 spiro atoms. The van der Waals surface area contributed by atoms with Crippen LogP contribution in [0.15, 0.2) is 12.2 Å². The van der Waals surface area contributed by atoms with E-state index in [2.05, 4.69) is 38.4 Å². The zero-order valence-electron chi connectivity index (χ0n) is 16.9. The Hall–Kier alpha value is -1.34. The first-order valence-corrected chi connectivity index (χ1v) is 10.3. The SMILES string of the molecule is C=C(C)CCCOC(CC)(CC)CCNC(=O)CCN1C(=O)CC(S)C1=O. The van der Waals surface area contributed by atoms with Crippen LogP contribution in [-0.2, 0) is 19.1 Å². The number of hydrogen-bond donors (Lipinski definition) is 2. The quantitative estimate of drug-likeness (QED) is 0.216. The third kappa shape index (κ3) is 7.66. The number of nitrogens with one attached hydrogen (secondary N) is 1. The topological polar surface area (TPSA) is 75.7 Å². The van der Waals surface area contributed by atoms with Crippen LogP contribution < -0.4 is 5.32 Å². The standard InChI is InChI=1S/C20H34N2O4S/c1-5-20(6-2,26-13-7-8-15(3)4)10-11-21-17(23)9-12-22-18(24)14-16(27)19(22)25/h16,27H,3,5-14H2,1-2,4H3,(H,21,23). The second-order valence-electron chi connectivity index (χ2n) is 7.25. The lowest BCUT2D eigenvalue weighted by molar-refractivity contribution is -0.138. The number of thiol groups is 1. The Kier molecular flexibility index (Phi) is 10.1. The Morgan fingerprint density at radius 1 is 1.33 bits per heavy atom. The van der Waals surface area contributed by atoms with E-state index in [1.165, 1.54) is 0 Å². The van der Waals surface area contributed by atoms with Gasteiger partial charge in [0.25, 0.3) is 0 Å². The van der Waals surface area contributed by atoms with Gasteiger partial charge in [-0.05, 0) is 39.0 Å². The lowest BCUT2D eigenvalue weighted by atomic mass is 9.93. The molecule has 1 unspecified atom stereocenters. The highest BCUT2D eigenvalue weighted by atomic mass is 32.1. The van der Waals surface area contributed by atoms with Crippen molar-refractivity contribution >= 4 is 30.4 Å². The maximum absolute atomic E-state index is 12.1. The second-order valence-corrected chi connectivity index (χ2v) is 7.88. The molecule has 0 aliphatic carbocycles. The molecule has 1 heterocycles. The van der Waals surface area contributed by atoms with Crippen LogP contribution in [0.2, 0.25) is 0 Å². The molecule has 1 fully saturated rings. The predicted octanol–water partition coefficient (Wildman–Crippen LogP) is 2.87. The van der Waals surface area contributed by atoms with Crippen LogP contribution >= 0.6 is 12.6 Å². The number of imide groups is 1. The molecule has 0 radical (unpaired) electrons. The zero-order valence-corrected chi connectivity index (χ0v) is 17.8. The van der Waals surface area contributed by atoms with Crippen molar-refractivity contribution in [1.29, 1.82) is 0 Å². The Morgan fingerprint density at radius 2 is 2.00 bits per heavy atom. The molecular formula is C20H34N2O4S. The fourth-order valence-electron chi connectivity index (χ4n) is 3.17. The summed E-state index contributed by atoms with van der Waals surface area (Å²) in [5, 5.41) is 2.31. The summed E-state index contributed by atoms with van der Waals surface area (Å²) in [5.74, 6) is -0.733. The Labute approximate surface area is 168 Å². The van der Waals surface area contributed by atoms with Gasteiger partial charge < -0.3 is 10.1 Å². The van der Waals surface area contributed by atoms with Crippen molar-refractivity contribution in [2.24, 2.45) is 0 Å². The van der Waals surface area contributed by atoms with Gasteiger partial charge >= 0.3 is 0 Å². The summed E-state index contributed by atoms with van der Waals surface area (Å²) in [4.78, 5) is 36.7. The number of carbonyl (C=O) groups excluding carboxylic acids is 3. The molecule has 3 amide bonds. The molecule has 0 bridgehead atoms. The molecule has 0 aromatic carbocycles. The normalized spacial score (nSPS) is 17.5. The van der Waals surface area contributed by atoms with Crippen molar-refractivity contribution in [3.8, 4) is 0 Å². The predicted molar refractivity (Wildman–Crippen MR) is 110 cm³/mol. The molecule has 1 N–H and O–H groups in total. The van der Waals surface area contributed by atoms with Crippen molar-refractivity contribution in [3.05, 3.63) is 12.2 Å². The number of allylic oxidation sites excluding steroid dienone is 1. The van der Waals surface area contributed by atoms with Gasteiger partial charge in [0.1, 0.15) is 0 Å². The minimum Gasteiger partial charge on any atom is -0.375 e. The van der Waals surface area contributed by atoms with Crippen LogP contribution in [0.5, 0.6) is 0 Å². The fourth-order valence-corrected chi connectivity index (χ4v) is 3.47. The van der Waals surface area contributed by atoms with E-state index in [9.17, 15) is 14.4 Å². The van der Waals surface area contributed by atoms with E-state index in [4.69, 9.17) is 4.74 Å². The van der Waals surface area contributed by atoms with Crippen molar-refractivity contribution in [2.45, 2.75) is 76.6 Å². The number of likely N-dealkylation sites (tertiary alicyclic amines) is 1. The van der Waals surface area contributed by atoms with Gasteiger partial charge in [0, 0.05) is 32.5 Å². The highest BCUT2D eigenvalue weighted by Crippen LogP contribution is 2.25. The monoisotopic (exact) mass is 398 g/mol. The van der Waals surface area contributed by atoms with Gasteiger partial charge in [0.2, 0.25) is 17.7 Å². The molecule has 0 saturated carbocycles. The van der Waals surface area contributed by atoms with Gasteiger partial charge in [-0.2, -0.15) is 12.6 Å². The molecule has 0 aromatic heterocycles. The van der Waals surface area contributed by atoms with E-state index in [1.54, 1.807) is 0 Å². The molecular weight excluding hydrogens is 364 g/mol. The summed E-state index contributed by atoms with van der Waals surface area (Å²) in [5.41, 5.74) is 0.923. The van der Waals surface area contributed by atoms with E-state index >= 15 is 0 Å². The first kappa shape index (κ1) is 23.7. The van der Waals surface area contributed by atoms with E-state index in [0.29, 0.717) is 13.2 Å². The molecule has 1 rings (SSSR count). The molecule has 0 aromatic rings. The first-order chi connectivity index (χ1) is 12.7.